The largest absolute Gasteiger partial charge is 0.302 e. The van der Waals surface area contributed by atoms with Gasteiger partial charge in [0.2, 0.25) is 5.91 Å². The van der Waals surface area contributed by atoms with Gasteiger partial charge in [0, 0.05) is 11.0 Å². The van der Waals surface area contributed by atoms with E-state index >= 15 is 0 Å². The van der Waals surface area contributed by atoms with Crippen LogP contribution in [0.15, 0.2) is 53.0 Å². The molecule has 0 saturated heterocycles. The number of hydrogen-bond donors (Lipinski definition) is 1. The molecule has 0 aromatic heterocycles. The number of nitrogens with zero attached hydrogens (tertiary/aromatic N) is 1. The zero-order valence-corrected chi connectivity index (χ0v) is 12.7. The molecule has 0 saturated carbocycles. The fourth-order valence-electron chi connectivity index (χ4n) is 2.42. The topological polar surface area (TPSA) is 32.3 Å². The van der Waals surface area contributed by atoms with E-state index < -0.39 is 0 Å². The van der Waals surface area contributed by atoms with Crippen LogP contribution in [-0.2, 0) is 11.3 Å². The summed E-state index contributed by atoms with van der Waals surface area (Å²) >= 11 is 3.54. The third-order valence-corrected chi connectivity index (χ3v) is 4.19. The molecule has 0 spiro atoms. The molecule has 1 unspecified atom stereocenters. The normalized spacial score (nSPS) is 18.6. The van der Waals surface area contributed by atoms with Crippen LogP contribution in [0, 0.1) is 0 Å². The number of carbonyl (C=O) groups is 1. The zero-order chi connectivity index (χ0) is 14.1. The molecular formula is C16H15BrN2O. The van der Waals surface area contributed by atoms with Gasteiger partial charge in [0.05, 0.1) is 17.4 Å². The summed E-state index contributed by atoms with van der Waals surface area (Å²) in [6.45, 7) is 2.60. The van der Waals surface area contributed by atoms with E-state index in [1.165, 1.54) is 0 Å². The molecule has 1 heterocycles. The number of rotatable bonds is 1. The Morgan fingerprint density at radius 2 is 1.75 bits per heavy atom. The van der Waals surface area contributed by atoms with Gasteiger partial charge >= 0.3 is 0 Å². The second-order valence-corrected chi connectivity index (χ2v) is 5.71. The van der Waals surface area contributed by atoms with E-state index in [1.54, 1.807) is 4.90 Å². The highest BCUT2D eigenvalue weighted by Crippen LogP contribution is 2.35. The minimum Gasteiger partial charge on any atom is -0.302 e. The molecular weight excluding hydrogens is 316 g/mol. The van der Waals surface area contributed by atoms with Crippen molar-refractivity contribution in [2.75, 3.05) is 4.90 Å². The first-order valence-electron chi connectivity index (χ1n) is 6.58. The number of anilines is 2. The summed E-state index contributed by atoms with van der Waals surface area (Å²) < 4.78 is 0.914. The van der Waals surface area contributed by atoms with Crippen molar-refractivity contribution in [1.82, 2.24) is 5.32 Å². The SMILES string of the molecule is CC1NCc2ccccc2N(c2ccccc2Br)C1=O. The second-order valence-electron chi connectivity index (χ2n) is 4.86. The van der Waals surface area contributed by atoms with E-state index in [0.29, 0.717) is 6.54 Å². The molecule has 1 aliphatic rings. The summed E-state index contributed by atoms with van der Waals surface area (Å²) in [5, 5.41) is 3.26. The van der Waals surface area contributed by atoms with Gasteiger partial charge in [-0.25, -0.2) is 0 Å². The van der Waals surface area contributed by atoms with Gasteiger partial charge in [-0.2, -0.15) is 0 Å². The van der Waals surface area contributed by atoms with Crippen LogP contribution < -0.4 is 10.2 Å². The third-order valence-electron chi connectivity index (χ3n) is 3.52. The molecule has 0 bridgehead atoms. The number of fused-ring (bicyclic) bond motifs is 1. The van der Waals surface area contributed by atoms with Gasteiger partial charge in [-0.05, 0) is 46.6 Å². The minimum atomic E-state index is -0.213. The standard InChI is InChI=1S/C16H15BrN2O/c1-11-16(20)19(15-9-5-3-7-13(15)17)14-8-4-2-6-12(14)10-18-11/h2-9,11,18H,10H2,1H3. The van der Waals surface area contributed by atoms with Gasteiger partial charge < -0.3 is 5.32 Å². The second kappa shape index (κ2) is 5.38. The quantitative estimate of drug-likeness (QED) is 0.866. The molecule has 2 aromatic rings. The monoisotopic (exact) mass is 330 g/mol. The van der Waals surface area contributed by atoms with Crippen molar-refractivity contribution in [3.63, 3.8) is 0 Å². The van der Waals surface area contributed by atoms with Crippen LogP contribution in [0.3, 0.4) is 0 Å². The first-order valence-corrected chi connectivity index (χ1v) is 7.37. The fourth-order valence-corrected chi connectivity index (χ4v) is 2.88. The maximum Gasteiger partial charge on any atom is 0.248 e. The van der Waals surface area contributed by atoms with E-state index in [4.69, 9.17) is 0 Å². The Kier molecular flexibility index (Phi) is 3.59. The van der Waals surface area contributed by atoms with E-state index in [1.807, 2.05) is 49.4 Å². The first kappa shape index (κ1) is 13.3. The van der Waals surface area contributed by atoms with E-state index in [2.05, 4.69) is 27.3 Å². The summed E-state index contributed by atoms with van der Waals surface area (Å²) in [7, 11) is 0. The number of nitrogens with one attached hydrogen (secondary N) is 1. The molecule has 1 N–H and O–H groups in total. The zero-order valence-electron chi connectivity index (χ0n) is 11.1. The van der Waals surface area contributed by atoms with Gasteiger partial charge in [-0.15, -0.1) is 0 Å². The Labute approximate surface area is 126 Å². The highest BCUT2D eigenvalue weighted by Gasteiger charge is 2.29. The lowest BCUT2D eigenvalue weighted by molar-refractivity contribution is -0.119. The maximum absolute atomic E-state index is 12.7. The highest BCUT2D eigenvalue weighted by atomic mass is 79.9. The Hall–Kier alpha value is -1.65. The molecule has 0 aliphatic carbocycles. The van der Waals surface area contributed by atoms with Crippen LogP contribution in [0.25, 0.3) is 0 Å². The number of halogens is 1. The van der Waals surface area contributed by atoms with E-state index in [9.17, 15) is 4.79 Å². The average Bonchev–Trinajstić information content (AvgIpc) is 2.59. The molecule has 1 atom stereocenters. The van der Waals surface area contributed by atoms with Crippen molar-refractivity contribution >= 4 is 33.2 Å². The summed E-state index contributed by atoms with van der Waals surface area (Å²) in [5.41, 5.74) is 2.95. The smallest absolute Gasteiger partial charge is 0.248 e. The average molecular weight is 331 g/mol. The van der Waals surface area contributed by atoms with Crippen LogP contribution in [0.1, 0.15) is 12.5 Å². The number of hydrogen-bond acceptors (Lipinski definition) is 2. The lowest BCUT2D eigenvalue weighted by Crippen LogP contribution is -2.40. The first-order chi connectivity index (χ1) is 9.68. The van der Waals surface area contributed by atoms with Crippen molar-refractivity contribution in [1.29, 1.82) is 0 Å². The van der Waals surface area contributed by atoms with Crippen molar-refractivity contribution < 1.29 is 4.79 Å². The van der Waals surface area contributed by atoms with Gasteiger partial charge in [-0.1, -0.05) is 30.3 Å². The van der Waals surface area contributed by atoms with Crippen LogP contribution in [0.4, 0.5) is 11.4 Å². The number of carbonyl (C=O) groups excluding carboxylic acids is 1. The minimum absolute atomic E-state index is 0.0573. The Balaban J connectivity index is 2.20. The Bertz CT molecular complexity index is 656. The van der Waals surface area contributed by atoms with Gasteiger partial charge in [0.25, 0.3) is 0 Å². The molecule has 3 nitrogen and oxygen atoms in total. The Morgan fingerprint density at radius 3 is 2.50 bits per heavy atom. The predicted octanol–water partition coefficient (Wildman–Crippen LogP) is 3.61. The fraction of sp³-hybridized carbons (Fsp3) is 0.188. The number of benzene rings is 2. The Morgan fingerprint density at radius 1 is 1.10 bits per heavy atom. The van der Waals surface area contributed by atoms with Crippen LogP contribution >= 0.6 is 15.9 Å². The summed E-state index contributed by atoms with van der Waals surface area (Å²) in [4.78, 5) is 14.5. The molecule has 0 fully saturated rings. The van der Waals surface area contributed by atoms with Gasteiger partial charge in [0.15, 0.2) is 0 Å². The maximum atomic E-state index is 12.7. The number of amides is 1. The highest BCUT2D eigenvalue weighted by molar-refractivity contribution is 9.10. The molecule has 102 valence electrons. The van der Waals surface area contributed by atoms with Gasteiger partial charge in [-0.3, -0.25) is 9.69 Å². The lowest BCUT2D eigenvalue weighted by atomic mass is 10.1. The molecule has 4 heteroatoms. The molecule has 1 aliphatic heterocycles. The molecule has 1 amide bonds. The van der Waals surface area contributed by atoms with Crippen LogP contribution in [0.5, 0.6) is 0 Å². The van der Waals surface area contributed by atoms with E-state index in [0.717, 1.165) is 21.4 Å². The summed E-state index contributed by atoms with van der Waals surface area (Å²) in [6, 6.07) is 15.6. The number of para-hydroxylation sites is 2. The van der Waals surface area contributed by atoms with E-state index in [-0.39, 0.29) is 11.9 Å². The van der Waals surface area contributed by atoms with Crippen molar-refractivity contribution in [2.45, 2.75) is 19.5 Å². The van der Waals surface area contributed by atoms with Crippen molar-refractivity contribution in [3.05, 3.63) is 58.6 Å². The predicted molar refractivity (Wildman–Crippen MR) is 84.0 cm³/mol. The third kappa shape index (κ3) is 2.25. The molecule has 20 heavy (non-hydrogen) atoms. The van der Waals surface area contributed by atoms with Crippen LogP contribution in [-0.4, -0.2) is 11.9 Å². The van der Waals surface area contributed by atoms with Crippen molar-refractivity contribution in [3.8, 4) is 0 Å². The molecule has 2 aromatic carbocycles. The molecule has 0 radical (unpaired) electrons. The van der Waals surface area contributed by atoms with Gasteiger partial charge in [0.1, 0.15) is 0 Å². The summed E-state index contributed by atoms with van der Waals surface area (Å²) in [6.07, 6.45) is 0. The lowest BCUT2D eigenvalue weighted by Gasteiger charge is -2.25. The molecule has 3 rings (SSSR count). The summed E-state index contributed by atoms with van der Waals surface area (Å²) in [5.74, 6) is 0.0573. The van der Waals surface area contributed by atoms with Crippen LogP contribution in [0.2, 0.25) is 0 Å². The van der Waals surface area contributed by atoms with Crippen molar-refractivity contribution in [2.24, 2.45) is 0 Å².